The molecular formula is C12H24N2. The van der Waals surface area contributed by atoms with E-state index in [-0.39, 0.29) is 5.41 Å². The Kier molecular flexibility index (Phi) is 3.57. The van der Waals surface area contributed by atoms with Crippen LogP contribution in [0.5, 0.6) is 0 Å². The van der Waals surface area contributed by atoms with E-state index in [1.165, 1.54) is 12.8 Å². The molecule has 0 spiro atoms. The zero-order valence-electron chi connectivity index (χ0n) is 10.1. The maximum Gasteiger partial charge on any atom is 0.101 e. The van der Waals surface area contributed by atoms with Gasteiger partial charge < -0.3 is 4.90 Å². The Bertz CT molecular complexity index is 199. The summed E-state index contributed by atoms with van der Waals surface area (Å²) < 4.78 is 0. The van der Waals surface area contributed by atoms with Gasteiger partial charge >= 0.3 is 0 Å². The van der Waals surface area contributed by atoms with Crippen molar-refractivity contribution in [3.05, 3.63) is 0 Å². The highest BCUT2D eigenvalue weighted by molar-refractivity contribution is 5.84. The highest BCUT2D eigenvalue weighted by atomic mass is 15.2. The van der Waals surface area contributed by atoms with Crippen LogP contribution in [0, 0.1) is 16.7 Å². The molecule has 0 aromatic heterocycles. The molecule has 0 amide bonds. The van der Waals surface area contributed by atoms with Crippen LogP contribution in [-0.2, 0) is 0 Å². The minimum absolute atomic E-state index is 0.00403. The van der Waals surface area contributed by atoms with Crippen molar-refractivity contribution in [2.45, 2.75) is 47.0 Å². The molecule has 0 bridgehead atoms. The van der Waals surface area contributed by atoms with Crippen molar-refractivity contribution in [1.82, 2.24) is 4.90 Å². The molecule has 1 fully saturated rings. The Labute approximate surface area is 88.2 Å². The van der Waals surface area contributed by atoms with Gasteiger partial charge in [0, 0.05) is 18.5 Å². The van der Waals surface area contributed by atoms with Crippen molar-refractivity contribution >= 4 is 5.84 Å². The summed E-state index contributed by atoms with van der Waals surface area (Å²) in [5.41, 5.74) is 0.00403. The van der Waals surface area contributed by atoms with E-state index in [9.17, 15) is 0 Å². The molecule has 14 heavy (non-hydrogen) atoms. The molecule has 0 radical (unpaired) electrons. The lowest BCUT2D eigenvalue weighted by molar-refractivity contribution is 0.352. The predicted octanol–water partition coefficient (Wildman–Crippen LogP) is 3.13. The standard InChI is InChI=1S/C12H24N2/c1-5-8-14(9-10-6-7-10)11(13)12(2,3)4/h10,13H,5-9H2,1-4H3. The monoisotopic (exact) mass is 196 g/mol. The van der Waals surface area contributed by atoms with Crippen LogP contribution in [0.4, 0.5) is 0 Å². The molecule has 2 nitrogen and oxygen atoms in total. The predicted molar refractivity (Wildman–Crippen MR) is 61.8 cm³/mol. The molecule has 0 heterocycles. The second kappa shape index (κ2) is 4.33. The summed E-state index contributed by atoms with van der Waals surface area (Å²) in [4.78, 5) is 2.28. The first-order valence-corrected chi connectivity index (χ1v) is 5.79. The molecule has 1 N–H and O–H groups in total. The SMILES string of the molecule is CCCN(CC1CC1)C(=N)C(C)(C)C. The molecule has 0 aliphatic heterocycles. The normalized spacial score (nSPS) is 16.9. The average Bonchev–Trinajstić information content (AvgIpc) is 2.84. The Morgan fingerprint density at radius 2 is 1.93 bits per heavy atom. The summed E-state index contributed by atoms with van der Waals surface area (Å²) in [6.07, 6.45) is 3.89. The molecule has 1 aliphatic carbocycles. The summed E-state index contributed by atoms with van der Waals surface area (Å²) in [7, 11) is 0. The molecule has 82 valence electrons. The van der Waals surface area contributed by atoms with Gasteiger partial charge in [-0.25, -0.2) is 0 Å². The zero-order chi connectivity index (χ0) is 10.8. The van der Waals surface area contributed by atoms with Crippen LogP contribution in [0.2, 0.25) is 0 Å². The fourth-order valence-electron chi connectivity index (χ4n) is 1.65. The van der Waals surface area contributed by atoms with Crippen molar-refractivity contribution < 1.29 is 0 Å². The summed E-state index contributed by atoms with van der Waals surface area (Å²) in [6.45, 7) is 10.7. The van der Waals surface area contributed by atoms with Crippen molar-refractivity contribution in [1.29, 1.82) is 5.41 Å². The van der Waals surface area contributed by atoms with Gasteiger partial charge in [0.2, 0.25) is 0 Å². The maximum absolute atomic E-state index is 8.15. The first-order valence-electron chi connectivity index (χ1n) is 5.79. The van der Waals surface area contributed by atoms with E-state index >= 15 is 0 Å². The summed E-state index contributed by atoms with van der Waals surface area (Å²) >= 11 is 0. The third kappa shape index (κ3) is 3.32. The third-order valence-electron chi connectivity index (χ3n) is 2.70. The highest BCUT2D eigenvalue weighted by Crippen LogP contribution is 2.31. The van der Waals surface area contributed by atoms with Gasteiger partial charge in [-0.1, -0.05) is 27.7 Å². The van der Waals surface area contributed by atoms with Crippen molar-refractivity contribution in [3.63, 3.8) is 0 Å². The average molecular weight is 196 g/mol. The molecule has 0 atom stereocenters. The number of hydrogen-bond donors (Lipinski definition) is 1. The van der Waals surface area contributed by atoms with Gasteiger partial charge in [-0.2, -0.15) is 0 Å². The molecule has 2 heteroatoms. The van der Waals surface area contributed by atoms with Crippen molar-refractivity contribution in [3.8, 4) is 0 Å². The van der Waals surface area contributed by atoms with Crippen LogP contribution in [-0.4, -0.2) is 23.8 Å². The molecule has 0 unspecified atom stereocenters. The molecule has 1 aliphatic rings. The molecule has 1 saturated carbocycles. The quantitative estimate of drug-likeness (QED) is 0.543. The van der Waals surface area contributed by atoms with Crippen LogP contribution in [0.3, 0.4) is 0 Å². The molecule has 0 saturated heterocycles. The van der Waals surface area contributed by atoms with Crippen LogP contribution < -0.4 is 0 Å². The molecule has 0 aromatic rings. The van der Waals surface area contributed by atoms with Gasteiger partial charge in [0.25, 0.3) is 0 Å². The van der Waals surface area contributed by atoms with Gasteiger partial charge in [0.05, 0.1) is 0 Å². The van der Waals surface area contributed by atoms with E-state index in [2.05, 4.69) is 32.6 Å². The Balaban J connectivity index is 2.51. The van der Waals surface area contributed by atoms with Gasteiger partial charge in [-0.05, 0) is 25.2 Å². The summed E-state index contributed by atoms with van der Waals surface area (Å²) in [6, 6.07) is 0. The molecule has 1 rings (SSSR count). The van der Waals surface area contributed by atoms with E-state index in [4.69, 9.17) is 5.41 Å². The van der Waals surface area contributed by atoms with Crippen LogP contribution in [0.15, 0.2) is 0 Å². The number of nitrogens with zero attached hydrogens (tertiary/aromatic N) is 1. The van der Waals surface area contributed by atoms with Crippen molar-refractivity contribution in [2.24, 2.45) is 11.3 Å². The van der Waals surface area contributed by atoms with E-state index < -0.39 is 0 Å². The number of hydrogen-bond acceptors (Lipinski definition) is 1. The Hall–Kier alpha value is -0.530. The van der Waals surface area contributed by atoms with E-state index in [0.29, 0.717) is 0 Å². The number of nitrogens with one attached hydrogen (secondary N) is 1. The maximum atomic E-state index is 8.15. The topological polar surface area (TPSA) is 27.1 Å². The Morgan fingerprint density at radius 3 is 2.29 bits per heavy atom. The van der Waals surface area contributed by atoms with E-state index in [0.717, 1.165) is 31.3 Å². The van der Waals surface area contributed by atoms with Gasteiger partial charge in [-0.15, -0.1) is 0 Å². The van der Waals surface area contributed by atoms with Gasteiger partial charge in [0.15, 0.2) is 0 Å². The lowest BCUT2D eigenvalue weighted by Crippen LogP contribution is -2.40. The van der Waals surface area contributed by atoms with E-state index in [1.54, 1.807) is 0 Å². The highest BCUT2D eigenvalue weighted by Gasteiger charge is 2.29. The second-order valence-electron chi connectivity index (χ2n) is 5.49. The van der Waals surface area contributed by atoms with Gasteiger partial charge in [0.1, 0.15) is 5.84 Å². The van der Waals surface area contributed by atoms with E-state index in [1.807, 2.05) is 0 Å². The summed E-state index contributed by atoms with van der Waals surface area (Å²) in [5, 5.41) is 8.15. The zero-order valence-corrected chi connectivity index (χ0v) is 10.1. The number of rotatable bonds is 4. The number of amidine groups is 1. The lowest BCUT2D eigenvalue weighted by Gasteiger charge is -2.32. The summed E-state index contributed by atoms with van der Waals surface area (Å²) in [5.74, 6) is 1.69. The molecule has 0 aromatic carbocycles. The van der Waals surface area contributed by atoms with Crippen LogP contribution >= 0.6 is 0 Å². The Morgan fingerprint density at radius 1 is 1.36 bits per heavy atom. The fourth-order valence-corrected chi connectivity index (χ4v) is 1.65. The first kappa shape index (κ1) is 11.5. The minimum atomic E-state index is 0.00403. The smallest absolute Gasteiger partial charge is 0.101 e. The second-order valence-corrected chi connectivity index (χ2v) is 5.49. The molecular weight excluding hydrogens is 172 g/mol. The van der Waals surface area contributed by atoms with Crippen LogP contribution in [0.1, 0.15) is 47.0 Å². The third-order valence-corrected chi connectivity index (χ3v) is 2.70. The largest absolute Gasteiger partial charge is 0.360 e. The lowest BCUT2D eigenvalue weighted by atomic mass is 9.94. The fraction of sp³-hybridized carbons (Fsp3) is 0.917. The first-order chi connectivity index (χ1) is 6.45. The van der Waals surface area contributed by atoms with Crippen LogP contribution in [0.25, 0.3) is 0 Å². The van der Waals surface area contributed by atoms with Gasteiger partial charge in [-0.3, -0.25) is 5.41 Å². The van der Waals surface area contributed by atoms with Crippen molar-refractivity contribution in [2.75, 3.05) is 13.1 Å². The minimum Gasteiger partial charge on any atom is -0.360 e.